The largest absolute Gasteiger partial charge is 0.573 e. The second-order valence-corrected chi connectivity index (χ2v) is 8.20. The minimum Gasteiger partial charge on any atom is -0.406 e. The van der Waals surface area contributed by atoms with Gasteiger partial charge in [0.2, 0.25) is 5.91 Å². The van der Waals surface area contributed by atoms with Crippen molar-refractivity contribution in [2.24, 2.45) is 0 Å². The Balaban J connectivity index is 1.66. The van der Waals surface area contributed by atoms with E-state index in [4.69, 9.17) is 11.6 Å². The first-order chi connectivity index (χ1) is 12.7. The van der Waals surface area contributed by atoms with Gasteiger partial charge >= 0.3 is 6.36 Å². The third-order valence-corrected chi connectivity index (χ3v) is 6.20. The van der Waals surface area contributed by atoms with Crippen LogP contribution < -0.4 is 9.64 Å². The lowest BCUT2D eigenvalue weighted by atomic mass is 9.99. The van der Waals surface area contributed by atoms with Crippen LogP contribution in [-0.2, 0) is 10.2 Å². The molecule has 3 nitrogen and oxygen atoms in total. The summed E-state index contributed by atoms with van der Waals surface area (Å²) in [5, 5.41) is 0.559. The van der Waals surface area contributed by atoms with Gasteiger partial charge in [0.25, 0.3) is 0 Å². The molecule has 0 N–H and O–H groups in total. The lowest BCUT2D eigenvalue weighted by Gasteiger charge is -2.22. The molecule has 1 saturated carbocycles. The molecule has 1 fully saturated rings. The van der Waals surface area contributed by atoms with E-state index in [0.717, 1.165) is 24.0 Å². The number of carbonyl (C=O) groups is 1. The Labute approximate surface area is 167 Å². The van der Waals surface area contributed by atoms with Crippen LogP contribution >= 0.6 is 27.5 Å². The Morgan fingerprint density at radius 3 is 2.44 bits per heavy atom. The fourth-order valence-electron chi connectivity index (χ4n) is 3.54. The van der Waals surface area contributed by atoms with E-state index in [9.17, 15) is 18.0 Å². The van der Waals surface area contributed by atoms with E-state index >= 15 is 0 Å². The predicted octanol–water partition coefficient (Wildman–Crippen LogP) is 5.75. The lowest BCUT2D eigenvalue weighted by molar-refractivity contribution is -0.274. The smallest absolute Gasteiger partial charge is 0.406 e. The minimum atomic E-state index is -4.78. The van der Waals surface area contributed by atoms with E-state index in [2.05, 4.69) is 20.7 Å². The average molecular weight is 461 g/mol. The molecule has 1 aliphatic heterocycles. The molecule has 4 rings (SSSR count). The van der Waals surface area contributed by atoms with Crippen molar-refractivity contribution in [1.29, 1.82) is 0 Å². The maximum absolute atomic E-state index is 13.1. The summed E-state index contributed by atoms with van der Waals surface area (Å²) in [6, 6.07) is 11.1. The van der Waals surface area contributed by atoms with Crippen molar-refractivity contribution in [3.05, 3.63) is 58.6 Å². The molecule has 2 aliphatic rings. The van der Waals surface area contributed by atoms with Crippen LogP contribution in [0, 0.1) is 0 Å². The number of amides is 1. The molecule has 0 saturated heterocycles. The Hall–Kier alpha value is -1.73. The Morgan fingerprint density at radius 1 is 1.19 bits per heavy atom. The van der Waals surface area contributed by atoms with Gasteiger partial charge in [-0.1, -0.05) is 45.7 Å². The SMILES string of the molecule is O=C(C(Br)c1ccc(Cl)cc1)N1CC2(CC2)c2ccc(OC(F)(F)F)cc21. The lowest BCUT2D eigenvalue weighted by Crippen LogP contribution is -2.33. The zero-order valence-electron chi connectivity index (χ0n) is 13.9. The van der Waals surface area contributed by atoms with Crippen molar-refractivity contribution in [2.75, 3.05) is 11.4 Å². The number of hydrogen-bond donors (Lipinski definition) is 0. The fraction of sp³-hybridized carbons (Fsp3) is 0.316. The summed E-state index contributed by atoms with van der Waals surface area (Å²) in [6.45, 7) is 0.465. The van der Waals surface area contributed by atoms with Crippen molar-refractivity contribution in [1.82, 2.24) is 0 Å². The molecule has 0 radical (unpaired) electrons. The normalized spacial score (nSPS) is 18.3. The Kier molecular flexibility index (Phi) is 4.42. The molecule has 1 atom stereocenters. The van der Waals surface area contributed by atoms with Crippen LogP contribution in [0.3, 0.4) is 0 Å². The molecule has 1 heterocycles. The number of ether oxygens (including phenoxy) is 1. The average Bonchev–Trinajstić information content (AvgIpc) is 3.31. The molecule has 0 bridgehead atoms. The number of benzene rings is 2. The number of halogens is 5. The number of anilines is 1. The van der Waals surface area contributed by atoms with Crippen LogP contribution in [0.25, 0.3) is 0 Å². The first kappa shape index (κ1) is 18.6. The summed E-state index contributed by atoms with van der Waals surface area (Å²) < 4.78 is 41.8. The van der Waals surface area contributed by atoms with Gasteiger partial charge < -0.3 is 9.64 Å². The van der Waals surface area contributed by atoms with Gasteiger partial charge in [0.05, 0.1) is 5.69 Å². The topological polar surface area (TPSA) is 29.5 Å². The quantitative estimate of drug-likeness (QED) is 0.546. The number of hydrogen-bond acceptors (Lipinski definition) is 2. The molecule has 2 aromatic carbocycles. The molecule has 1 spiro atoms. The third kappa shape index (κ3) is 3.55. The third-order valence-electron chi connectivity index (χ3n) is 5.02. The van der Waals surface area contributed by atoms with E-state index in [1.54, 1.807) is 35.2 Å². The van der Waals surface area contributed by atoms with Gasteiger partial charge in [0.1, 0.15) is 10.6 Å². The summed E-state index contributed by atoms with van der Waals surface area (Å²) in [5.74, 6) is -0.555. The zero-order valence-corrected chi connectivity index (χ0v) is 16.2. The second kappa shape index (κ2) is 6.41. The molecule has 1 unspecified atom stereocenters. The second-order valence-electron chi connectivity index (χ2n) is 6.85. The summed E-state index contributed by atoms with van der Waals surface area (Å²) >= 11 is 9.31. The zero-order chi connectivity index (χ0) is 19.4. The van der Waals surface area contributed by atoms with Gasteiger partial charge in [-0.2, -0.15) is 0 Å². The summed E-state index contributed by atoms with van der Waals surface area (Å²) in [6.07, 6.45) is -2.95. The highest BCUT2D eigenvalue weighted by atomic mass is 79.9. The van der Waals surface area contributed by atoms with Gasteiger partial charge in [-0.15, -0.1) is 13.2 Å². The molecule has 2 aromatic rings. The molecular formula is C19H14BrClF3NO2. The van der Waals surface area contributed by atoms with Gasteiger partial charge in [-0.25, -0.2) is 0 Å². The van der Waals surface area contributed by atoms with Crippen molar-refractivity contribution < 1.29 is 22.7 Å². The maximum atomic E-state index is 13.1. The number of carbonyl (C=O) groups excluding carboxylic acids is 1. The molecule has 8 heteroatoms. The molecular weight excluding hydrogens is 447 g/mol. The number of rotatable bonds is 3. The van der Waals surface area contributed by atoms with E-state index < -0.39 is 11.2 Å². The van der Waals surface area contributed by atoms with Gasteiger partial charge in [-0.3, -0.25) is 4.79 Å². The van der Waals surface area contributed by atoms with E-state index in [1.165, 1.54) is 12.1 Å². The maximum Gasteiger partial charge on any atom is 0.573 e. The standard InChI is InChI=1S/C19H14BrClF3NO2/c20-16(11-1-3-12(21)4-2-11)17(26)25-10-18(7-8-18)14-6-5-13(9-15(14)25)27-19(22,23)24/h1-6,9,16H,7-8,10H2. The van der Waals surface area contributed by atoms with E-state index in [-0.39, 0.29) is 17.1 Å². The molecule has 27 heavy (non-hydrogen) atoms. The summed E-state index contributed by atoms with van der Waals surface area (Å²) in [5.41, 5.74) is 1.97. The van der Waals surface area contributed by atoms with Crippen LogP contribution in [-0.4, -0.2) is 18.8 Å². The van der Waals surface area contributed by atoms with Crippen LogP contribution in [0.1, 0.15) is 28.8 Å². The summed E-state index contributed by atoms with van der Waals surface area (Å²) in [7, 11) is 0. The van der Waals surface area contributed by atoms with Gasteiger partial charge in [-0.05, 0) is 42.2 Å². The number of nitrogens with zero attached hydrogens (tertiary/aromatic N) is 1. The molecule has 142 valence electrons. The van der Waals surface area contributed by atoms with Crippen molar-refractivity contribution in [2.45, 2.75) is 29.4 Å². The highest BCUT2D eigenvalue weighted by Gasteiger charge is 2.53. The van der Waals surface area contributed by atoms with Crippen molar-refractivity contribution in [3.63, 3.8) is 0 Å². The van der Waals surface area contributed by atoms with Crippen LogP contribution in [0.4, 0.5) is 18.9 Å². The van der Waals surface area contributed by atoms with E-state index in [1.807, 2.05) is 0 Å². The van der Waals surface area contributed by atoms with Gasteiger partial charge in [0.15, 0.2) is 0 Å². The van der Waals surface area contributed by atoms with Crippen LogP contribution in [0.15, 0.2) is 42.5 Å². The first-order valence-electron chi connectivity index (χ1n) is 8.30. The molecule has 1 amide bonds. The number of fused-ring (bicyclic) bond motifs is 2. The predicted molar refractivity (Wildman–Crippen MR) is 99.5 cm³/mol. The van der Waals surface area contributed by atoms with Crippen LogP contribution in [0.2, 0.25) is 5.02 Å². The fourth-order valence-corrected chi connectivity index (χ4v) is 4.22. The molecule has 0 aromatic heterocycles. The van der Waals surface area contributed by atoms with E-state index in [0.29, 0.717) is 17.3 Å². The highest BCUT2D eigenvalue weighted by molar-refractivity contribution is 9.09. The van der Waals surface area contributed by atoms with Crippen LogP contribution in [0.5, 0.6) is 5.75 Å². The first-order valence-corrected chi connectivity index (χ1v) is 9.59. The van der Waals surface area contributed by atoms with Crippen molar-refractivity contribution >= 4 is 39.1 Å². The Bertz CT molecular complexity index is 897. The Morgan fingerprint density at radius 2 is 1.85 bits per heavy atom. The number of alkyl halides is 4. The molecule has 1 aliphatic carbocycles. The minimum absolute atomic E-state index is 0.144. The van der Waals surface area contributed by atoms with Crippen molar-refractivity contribution in [3.8, 4) is 5.75 Å². The highest BCUT2D eigenvalue weighted by Crippen LogP contribution is 2.57. The van der Waals surface area contributed by atoms with Gasteiger partial charge in [0, 0.05) is 23.0 Å². The monoisotopic (exact) mass is 459 g/mol. The summed E-state index contributed by atoms with van der Waals surface area (Å²) in [4.78, 5) is 14.0.